The highest BCUT2D eigenvalue weighted by Gasteiger charge is 2.41. The number of nitrogens with zero attached hydrogens (tertiary/aromatic N) is 5. The molecule has 3 aromatic rings. The van der Waals surface area contributed by atoms with Gasteiger partial charge in [-0.05, 0) is 25.1 Å². The van der Waals surface area contributed by atoms with Gasteiger partial charge in [0.25, 0.3) is 0 Å². The smallest absolute Gasteiger partial charge is 0.333 e. The first-order chi connectivity index (χ1) is 17.4. The van der Waals surface area contributed by atoms with Gasteiger partial charge in [0.15, 0.2) is 10.8 Å². The lowest BCUT2D eigenvalue weighted by Crippen LogP contribution is -2.44. The molecule has 2 aliphatic heterocycles. The van der Waals surface area contributed by atoms with Gasteiger partial charge in [0, 0.05) is 59.1 Å². The van der Waals surface area contributed by atoms with Crippen molar-refractivity contribution in [1.82, 2.24) is 30.3 Å². The van der Waals surface area contributed by atoms with E-state index < -0.39 is 18.4 Å². The van der Waals surface area contributed by atoms with Crippen molar-refractivity contribution in [3.05, 3.63) is 74.8 Å². The second-order valence-corrected chi connectivity index (χ2v) is 9.49. The number of nitrogens with one attached hydrogen (secondary N) is 2. The Bertz CT molecular complexity index is 1340. The van der Waals surface area contributed by atoms with Crippen molar-refractivity contribution >= 4 is 40.4 Å². The minimum atomic E-state index is -2.82. The standard InChI is InChI=1S/C23H21ClF3N7OS/c1-2-28-23(35)30-13-10-17-18(16-5-7-34(32-16)22(26)27)19(14-4-3-12(25)9-15(14)24)31-20(33(17)11-13)21-29-6-8-36-21/h3-9,13,19,22H,2,10-11H2,1H3,(H2,28,30,35)/t13-,19-/m0/s1. The number of hydrogen-bond acceptors (Lipinski definition) is 6. The van der Waals surface area contributed by atoms with Crippen LogP contribution in [-0.4, -0.2) is 50.7 Å². The Labute approximate surface area is 213 Å². The van der Waals surface area contributed by atoms with E-state index in [0.29, 0.717) is 51.9 Å². The number of halogens is 4. The van der Waals surface area contributed by atoms with Gasteiger partial charge < -0.3 is 15.5 Å². The maximum atomic E-state index is 13.9. The van der Waals surface area contributed by atoms with Crippen LogP contribution in [0, 0.1) is 5.82 Å². The van der Waals surface area contributed by atoms with E-state index in [4.69, 9.17) is 16.6 Å². The molecule has 2 N–H and O–H groups in total. The minimum Gasteiger partial charge on any atom is -0.338 e. The van der Waals surface area contributed by atoms with Gasteiger partial charge in [0.1, 0.15) is 11.9 Å². The van der Waals surface area contributed by atoms with Crippen LogP contribution in [0.5, 0.6) is 0 Å². The summed E-state index contributed by atoms with van der Waals surface area (Å²) in [5, 5.41) is 12.4. The Hall–Kier alpha value is -3.38. The number of hydrogen-bond donors (Lipinski definition) is 2. The number of carbonyl (C=O) groups is 1. The lowest BCUT2D eigenvalue weighted by Gasteiger charge is -2.32. The fraction of sp³-hybridized carbons (Fsp3) is 0.304. The summed E-state index contributed by atoms with van der Waals surface area (Å²) in [5.74, 6) is 0.0520. The molecule has 2 aromatic heterocycles. The Morgan fingerprint density at radius 2 is 2.17 bits per heavy atom. The lowest BCUT2D eigenvalue weighted by atomic mass is 9.92. The minimum absolute atomic E-state index is 0.150. The Morgan fingerprint density at radius 3 is 2.83 bits per heavy atom. The van der Waals surface area contributed by atoms with Gasteiger partial charge in [-0.3, -0.25) is 4.99 Å². The topological polar surface area (TPSA) is 87.4 Å². The molecule has 0 saturated carbocycles. The van der Waals surface area contributed by atoms with Crippen LogP contribution in [0.25, 0.3) is 5.57 Å². The van der Waals surface area contributed by atoms with Crippen LogP contribution in [-0.2, 0) is 0 Å². The predicted molar refractivity (Wildman–Crippen MR) is 131 cm³/mol. The molecule has 5 rings (SSSR count). The van der Waals surface area contributed by atoms with E-state index in [9.17, 15) is 18.0 Å². The van der Waals surface area contributed by atoms with E-state index in [2.05, 4.69) is 20.7 Å². The first kappa shape index (κ1) is 24.3. The number of rotatable bonds is 6. The summed E-state index contributed by atoms with van der Waals surface area (Å²) < 4.78 is 41.2. The second kappa shape index (κ2) is 9.94. The Morgan fingerprint density at radius 1 is 1.33 bits per heavy atom. The summed E-state index contributed by atoms with van der Waals surface area (Å²) in [6, 6.07) is 4.14. The van der Waals surface area contributed by atoms with Gasteiger partial charge in [-0.25, -0.2) is 18.9 Å². The van der Waals surface area contributed by atoms with Crippen molar-refractivity contribution in [2.75, 3.05) is 13.1 Å². The number of thiazole rings is 1. The summed E-state index contributed by atoms with van der Waals surface area (Å²) >= 11 is 7.84. The van der Waals surface area contributed by atoms with Crippen LogP contribution >= 0.6 is 22.9 Å². The third-order valence-electron chi connectivity index (χ3n) is 5.90. The van der Waals surface area contributed by atoms with Crippen LogP contribution in [0.2, 0.25) is 5.02 Å². The highest BCUT2D eigenvalue weighted by atomic mass is 35.5. The number of benzene rings is 1. The van der Waals surface area contributed by atoms with Crippen LogP contribution < -0.4 is 10.6 Å². The summed E-state index contributed by atoms with van der Waals surface area (Å²) in [7, 11) is 0. The van der Waals surface area contributed by atoms with E-state index >= 15 is 0 Å². The number of alkyl halides is 2. The number of urea groups is 1. The zero-order chi connectivity index (χ0) is 25.4. The van der Waals surface area contributed by atoms with E-state index in [0.717, 1.165) is 5.70 Å². The molecule has 0 aliphatic carbocycles. The molecule has 0 spiro atoms. The molecular formula is C23H21ClF3N7OS. The molecule has 2 amide bonds. The maximum absolute atomic E-state index is 13.9. The molecule has 0 unspecified atom stereocenters. The van der Waals surface area contributed by atoms with E-state index in [1.54, 1.807) is 6.20 Å². The van der Waals surface area contributed by atoms with Crippen LogP contribution in [0.1, 0.15) is 42.2 Å². The molecule has 0 radical (unpaired) electrons. The van der Waals surface area contributed by atoms with Crippen molar-refractivity contribution in [2.45, 2.75) is 32.0 Å². The molecule has 2 aliphatic rings. The van der Waals surface area contributed by atoms with E-state index in [1.807, 2.05) is 17.2 Å². The van der Waals surface area contributed by atoms with Crippen LogP contribution in [0.4, 0.5) is 18.0 Å². The van der Waals surface area contributed by atoms with Crippen LogP contribution in [0.15, 0.2) is 52.7 Å². The first-order valence-corrected chi connectivity index (χ1v) is 12.4. The highest BCUT2D eigenvalue weighted by molar-refractivity contribution is 7.11. The SMILES string of the molecule is CCNC(=O)N[C@H]1CC2=C(c3ccn(C(F)F)n3)[C@H](c3ccc(F)cc3Cl)N=C(c3nccs3)N2C1. The van der Waals surface area contributed by atoms with Gasteiger partial charge in [0.2, 0.25) is 0 Å². The molecular weight excluding hydrogens is 515 g/mol. The number of fused-ring (bicyclic) bond motifs is 1. The van der Waals surface area contributed by atoms with Crippen molar-refractivity contribution in [2.24, 2.45) is 4.99 Å². The van der Waals surface area contributed by atoms with Gasteiger partial charge >= 0.3 is 12.6 Å². The van der Waals surface area contributed by atoms with E-state index in [1.165, 1.54) is 41.8 Å². The Balaban J connectivity index is 1.67. The number of amides is 2. The average Bonchev–Trinajstić information content (AvgIpc) is 3.59. The first-order valence-electron chi connectivity index (χ1n) is 11.2. The molecule has 1 aromatic carbocycles. The van der Waals surface area contributed by atoms with Crippen molar-refractivity contribution in [3.8, 4) is 0 Å². The largest absolute Gasteiger partial charge is 0.338 e. The summed E-state index contributed by atoms with van der Waals surface area (Å²) in [6.07, 6.45) is 3.25. The molecule has 1 fully saturated rings. The fourth-order valence-electron chi connectivity index (χ4n) is 4.45. The molecule has 1 saturated heterocycles. The molecule has 8 nitrogen and oxygen atoms in total. The number of aliphatic imine (C=N–C) groups is 1. The zero-order valence-electron chi connectivity index (χ0n) is 19.0. The third kappa shape index (κ3) is 4.58. The molecule has 2 atom stereocenters. The predicted octanol–water partition coefficient (Wildman–Crippen LogP) is 4.83. The number of amidine groups is 1. The average molecular weight is 536 g/mol. The summed E-state index contributed by atoms with van der Waals surface area (Å²) in [5.41, 5.74) is 2.10. The van der Waals surface area contributed by atoms with Crippen LogP contribution in [0.3, 0.4) is 0 Å². The molecule has 4 heterocycles. The Kier molecular flexibility index (Phi) is 6.71. The maximum Gasteiger partial charge on any atom is 0.333 e. The number of aromatic nitrogens is 3. The lowest BCUT2D eigenvalue weighted by molar-refractivity contribution is 0.0564. The second-order valence-electron chi connectivity index (χ2n) is 8.19. The third-order valence-corrected chi connectivity index (χ3v) is 6.99. The molecule has 0 bridgehead atoms. The van der Waals surface area contributed by atoms with Crippen molar-refractivity contribution < 1.29 is 18.0 Å². The molecule has 13 heteroatoms. The quantitative estimate of drug-likeness (QED) is 0.473. The zero-order valence-corrected chi connectivity index (χ0v) is 20.5. The highest BCUT2D eigenvalue weighted by Crippen LogP contribution is 2.46. The van der Waals surface area contributed by atoms with Gasteiger partial charge in [-0.15, -0.1) is 11.3 Å². The van der Waals surface area contributed by atoms with Gasteiger partial charge in [0.05, 0.1) is 11.7 Å². The number of carbonyl (C=O) groups excluding carboxylic acids is 1. The fourth-order valence-corrected chi connectivity index (χ4v) is 5.36. The van der Waals surface area contributed by atoms with Gasteiger partial charge in [-0.2, -0.15) is 13.9 Å². The molecule has 36 heavy (non-hydrogen) atoms. The monoisotopic (exact) mass is 535 g/mol. The summed E-state index contributed by atoms with van der Waals surface area (Å²) in [6.45, 7) is -0.129. The van der Waals surface area contributed by atoms with Gasteiger partial charge in [-0.1, -0.05) is 17.7 Å². The van der Waals surface area contributed by atoms with Crippen molar-refractivity contribution in [3.63, 3.8) is 0 Å². The van der Waals surface area contributed by atoms with E-state index in [-0.39, 0.29) is 17.1 Å². The molecule has 188 valence electrons. The summed E-state index contributed by atoms with van der Waals surface area (Å²) in [4.78, 5) is 23.6. The van der Waals surface area contributed by atoms with Crippen molar-refractivity contribution in [1.29, 1.82) is 0 Å². The normalized spacial score (nSPS) is 19.5.